The van der Waals surface area contributed by atoms with Crippen LogP contribution in [0.5, 0.6) is 11.5 Å². The maximum atomic E-state index is 12.4. The molecule has 1 aromatic carbocycles. The van der Waals surface area contributed by atoms with Gasteiger partial charge in [0.2, 0.25) is 12.7 Å². The van der Waals surface area contributed by atoms with E-state index in [1.54, 1.807) is 6.08 Å². The molecule has 0 aromatic heterocycles. The van der Waals surface area contributed by atoms with Crippen LogP contribution in [-0.4, -0.2) is 32.5 Å². The van der Waals surface area contributed by atoms with Crippen molar-refractivity contribution in [2.75, 3.05) is 26.6 Å². The lowest BCUT2D eigenvalue weighted by atomic mass is 9.74. The zero-order chi connectivity index (χ0) is 18.8. The van der Waals surface area contributed by atoms with E-state index in [2.05, 4.69) is 38.2 Å². The molecule has 2 aliphatic heterocycles. The largest absolute Gasteiger partial charge is 0.454 e. The third-order valence-electron chi connectivity index (χ3n) is 5.57. The molecule has 1 aromatic rings. The molecule has 0 spiro atoms. The zero-order valence-electron chi connectivity index (χ0n) is 16.2. The summed E-state index contributed by atoms with van der Waals surface area (Å²) in [6, 6.07) is 6.09. The Balaban J connectivity index is 1.77. The minimum atomic E-state index is -0.141. The molecule has 0 unspecified atom stereocenters. The monoisotopic (exact) mass is 359 g/mol. The number of hydrogen-bond acceptors (Lipinski definition) is 4. The van der Waals surface area contributed by atoms with Crippen LogP contribution in [0.3, 0.4) is 0 Å². The van der Waals surface area contributed by atoms with Crippen molar-refractivity contribution in [3.63, 3.8) is 0 Å². The fourth-order valence-electron chi connectivity index (χ4n) is 3.28. The summed E-state index contributed by atoms with van der Waals surface area (Å²) in [5, 5.41) is 3.12. The Kier molecular flexibility index (Phi) is 5.28. The average Bonchev–Trinajstić information content (AvgIpc) is 3.07. The minimum Gasteiger partial charge on any atom is -0.454 e. The highest BCUT2D eigenvalue weighted by Gasteiger charge is 2.36. The smallest absolute Gasteiger partial charge is 0.243 e. The van der Waals surface area contributed by atoms with Crippen molar-refractivity contribution in [1.82, 2.24) is 5.32 Å². The standard InChI is InChI=1S/C21H29NO4/c1-15(20(2,3)4)11-19(23)22-13-21(7-9-24-10-8-21)16-5-6-17-18(12-16)26-14-25-17/h5-6,11-12H,7-10,13-14H2,1-4H3,(H,22,23). The molecule has 0 aliphatic carbocycles. The van der Waals surface area contributed by atoms with E-state index in [9.17, 15) is 4.79 Å². The molecule has 142 valence electrons. The first-order chi connectivity index (χ1) is 12.3. The van der Waals surface area contributed by atoms with E-state index in [0.29, 0.717) is 19.8 Å². The summed E-state index contributed by atoms with van der Waals surface area (Å²) in [6.07, 6.45) is 3.45. The summed E-state index contributed by atoms with van der Waals surface area (Å²) in [6.45, 7) is 10.6. The van der Waals surface area contributed by atoms with Crippen molar-refractivity contribution < 1.29 is 19.0 Å². The Morgan fingerprint density at radius 2 is 1.88 bits per heavy atom. The predicted molar refractivity (Wildman–Crippen MR) is 101 cm³/mol. The lowest BCUT2D eigenvalue weighted by Crippen LogP contribution is -2.44. The Hall–Kier alpha value is -2.01. The second-order valence-electron chi connectivity index (χ2n) is 8.26. The summed E-state index contributed by atoms with van der Waals surface area (Å²) in [4.78, 5) is 12.4. The summed E-state index contributed by atoms with van der Waals surface area (Å²) < 4.78 is 16.5. The van der Waals surface area contributed by atoms with Gasteiger partial charge in [-0.3, -0.25) is 4.79 Å². The summed E-state index contributed by atoms with van der Waals surface area (Å²) in [5.74, 6) is 1.52. The molecule has 1 amide bonds. The highest BCUT2D eigenvalue weighted by atomic mass is 16.7. The molecule has 1 fully saturated rings. The number of fused-ring (bicyclic) bond motifs is 1. The van der Waals surface area contributed by atoms with Crippen LogP contribution in [0.15, 0.2) is 29.8 Å². The number of benzene rings is 1. The van der Waals surface area contributed by atoms with Crippen LogP contribution in [0.4, 0.5) is 0 Å². The topological polar surface area (TPSA) is 56.8 Å². The molecule has 0 radical (unpaired) electrons. The number of amides is 1. The van der Waals surface area contributed by atoms with Crippen molar-refractivity contribution >= 4 is 5.91 Å². The Labute approximate surface area is 155 Å². The van der Waals surface area contributed by atoms with Gasteiger partial charge in [-0.25, -0.2) is 0 Å². The molecule has 0 bridgehead atoms. The van der Waals surface area contributed by atoms with Crippen LogP contribution in [-0.2, 0) is 14.9 Å². The van der Waals surface area contributed by atoms with Gasteiger partial charge in [0.05, 0.1) is 0 Å². The highest BCUT2D eigenvalue weighted by Crippen LogP contribution is 2.40. The van der Waals surface area contributed by atoms with Gasteiger partial charge >= 0.3 is 0 Å². The summed E-state index contributed by atoms with van der Waals surface area (Å²) in [7, 11) is 0. The van der Waals surface area contributed by atoms with Crippen LogP contribution in [0.25, 0.3) is 0 Å². The van der Waals surface area contributed by atoms with Crippen molar-refractivity contribution in [2.45, 2.75) is 46.0 Å². The third-order valence-corrected chi connectivity index (χ3v) is 5.57. The Bertz CT molecular complexity index is 696. The van der Waals surface area contributed by atoms with Crippen molar-refractivity contribution in [3.05, 3.63) is 35.4 Å². The number of hydrogen-bond donors (Lipinski definition) is 1. The maximum absolute atomic E-state index is 12.4. The normalized spacial score (nSPS) is 19.3. The number of carbonyl (C=O) groups excluding carboxylic acids is 1. The molecule has 2 heterocycles. The third kappa shape index (κ3) is 4.04. The first-order valence-electron chi connectivity index (χ1n) is 9.25. The van der Waals surface area contributed by atoms with Gasteiger partial charge in [-0.1, -0.05) is 32.4 Å². The fraction of sp³-hybridized carbons (Fsp3) is 0.571. The SMILES string of the molecule is CC(=CC(=O)NCC1(c2ccc3c(c2)OCO3)CCOCC1)C(C)(C)C. The van der Waals surface area contributed by atoms with E-state index in [1.165, 1.54) is 5.56 Å². The molecular weight excluding hydrogens is 330 g/mol. The molecule has 26 heavy (non-hydrogen) atoms. The van der Waals surface area contributed by atoms with Gasteiger partial charge in [-0.15, -0.1) is 0 Å². The van der Waals surface area contributed by atoms with E-state index in [4.69, 9.17) is 14.2 Å². The van der Waals surface area contributed by atoms with E-state index in [1.807, 2.05) is 13.0 Å². The van der Waals surface area contributed by atoms with E-state index in [-0.39, 0.29) is 23.5 Å². The van der Waals surface area contributed by atoms with E-state index >= 15 is 0 Å². The molecular formula is C21H29NO4. The van der Waals surface area contributed by atoms with Crippen molar-refractivity contribution in [1.29, 1.82) is 0 Å². The maximum Gasteiger partial charge on any atom is 0.243 e. The molecule has 2 aliphatic rings. The molecule has 5 heteroatoms. The number of nitrogens with one attached hydrogen (secondary N) is 1. The number of allylic oxidation sites excluding steroid dienone is 1. The van der Waals surface area contributed by atoms with Crippen LogP contribution in [0, 0.1) is 5.41 Å². The second-order valence-corrected chi connectivity index (χ2v) is 8.26. The molecule has 1 saturated heterocycles. The first-order valence-corrected chi connectivity index (χ1v) is 9.25. The van der Waals surface area contributed by atoms with Crippen LogP contribution >= 0.6 is 0 Å². The zero-order valence-corrected chi connectivity index (χ0v) is 16.2. The van der Waals surface area contributed by atoms with Gasteiger partial charge in [-0.05, 0) is 42.9 Å². The molecule has 5 nitrogen and oxygen atoms in total. The van der Waals surface area contributed by atoms with Crippen LogP contribution < -0.4 is 14.8 Å². The number of rotatable bonds is 4. The number of ether oxygens (including phenoxy) is 3. The lowest BCUT2D eigenvalue weighted by molar-refractivity contribution is -0.117. The van der Waals surface area contributed by atoms with E-state index in [0.717, 1.165) is 29.9 Å². The second kappa shape index (κ2) is 7.31. The van der Waals surface area contributed by atoms with Crippen LogP contribution in [0.2, 0.25) is 0 Å². The average molecular weight is 359 g/mol. The number of carbonyl (C=O) groups is 1. The molecule has 1 N–H and O–H groups in total. The van der Waals surface area contributed by atoms with Gasteiger partial charge in [0.25, 0.3) is 0 Å². The van der Waals surface area contributed by atoms with Gasteiger partial charge in [0, 0.05) is 31.2 Å². The highest BCUT2D eigenvalue weighted by molar-refractivity contribution is 5.88. The van der Waals surface area contributed by atoms with Gasteiger partial charge in [-0.2, -0.15) is 0 Å². The van der Waals surface area contributed by atoms with Gasteiger partial charge < -0.3 is 19.5 Å². The van der Waals surface area contributed by atoms with Crippen molar-refractivity contribution in [2.24, 2.45) is 5.41 Å². The van der Waals surface area contributed by atoms with Gasteiger partial charge in [0.15, 0.2) is 11.5 Å². The van der Waals surface area contributed by atoms with Crippen molar-refractivity contribution in [3.8, 4) is 11.5 Å². The molecule has 0 atom stereocenters. The summed E-state index contributed by atoms with van der Waals surface area (Å²) in [5.41, 5.74) is 2.09. The molecule has 0 saturated carbocycles. The fourth-order valence-corrected chi connectivity index (χ4v) is 3.28. The van der Waals surface area contributed by atoms with E-state index < -0.39 is 0 Å². The predicted octanol–water partition coefficient (Wildman–Crippen LogP) is 3.57. The Morgan fingerprint density at radius 3 is 2.58 bits per heavy atom. The Morgan fingerprint density at radius 1 is 1.19 bits per heavy atom. The minimum absolute atomic E-state index is 0.00890. The molecule has 3 rings (SSSR count). The quantitative estimate of drug-likeness (QED) is 0.835. The first kappa shape index (κ1) is 18.8. The summed E-state index contributed by atoms with van der Waals surface area (Å²) >= 11 is 0. The van der Waals surface area contributed by atoms with Crippen LogP contribution in [0.1, 0.15) is 46.1 Å². The van der Waals surface area contributed by atoms with Gasteiger partial charge in [0.1, 0.15) is 0 Å². The lowest BCUT2D eigenvalue weighted by Gasteiger charge is -2.38.